The summed E-state index contributed by atoms with van der Waals surface area (Å²) in [6.07, 6.45) is -3.58. The second kappa shape index (κ2) is 12.4. The Hall–Kier alpha value is -4.06. The summed E-state index contributed by atoms with van der Waals surface area (Å²) in [7, 11) is 2.85. The van der Waals surface area contributed by atoms with Gasteiger partial charge in [-0.25, -0.2) is 14.4 Å². The number of nitrogens with zero attached hydrogens (tertiary/aromatic N) is 4. The van der Waals surface area contributed by atoms with Crippen molar-refractivity contribution in [2.75, 3.05) is 25.6 Å². The van der Waals surface area contributed by atoms with Gasteiger partial charge in [0.05, 0.1) is 6.10 Å². The van der Waals surface area contributed by atoms with Crippen molar-refractivity contribution in [3.8, 4) is 0 Å². The highest BCUT2D eigenvalue weighted by molar-refractivity contribution is 8.00. The number of thiazole rings is 1. The standard InChI is InChI=1S/C22H28N6O10S2/c1-9(2)35-22(33)37-10(3)36-19(31)11-6-7-39-18-13(16(30)27(11)18)17(38-21(32)26(4)5)28-12(8-40-20(28)24)14(25-34)15(23)29/h6,8-10,13,17-18,24H,7H2,1-5H3,(H3,23,29,34)/p+1/t10?,13?,17?,18-/m0/s1. The maximum Gasteiger partial charge on any atom is 0.511 e. The zero-order valence-corrected chi connectivity index (χ0v) is 23.8. The molecular formula is C22H29N6O10S2+. The van der Waals surface area contributed by atoms with Gasteiger partial charge in [0.1, 0.15) is 17.0 Å². The molecular weight excluding hydrogens is 572 g/mol. The largest absolute Gasteiger partial charge is 0.511 e. The number of aromatic nitrogens is 1. The quantitative estimate of drug-likeness (QED) is 0.0510. The van der Waals surface area contributed by atoms with Crippen LogP contribution in [0.1, 0.15) is 32.7 Å². The normalized spacial score (nSPS) is 19.9. The summed E-state index contributed by atoms with van der Waals surface area (Å²) in [5, 5.41) is 13.0. The van der Waals surface area contributed by atoms with Gasteiger partial charge in [-0.1, -0.05) is 16.5 Å². The van der Waals surface area contributed by atoms with E-state index in [9.17, 15) is 29.2 Å². The number of thioether (sulfide) groups is 1. The highest BCUT2D eigenvalue weighted by Crippen LogP contribution is 2.46. The van der Waals surface area contributed by atoms with Gasteiger partial charge in [-0.2, -0.15) is 4.57 Å². The minimum Gasteiger partial charge on any atom is -0.431 e. The first kappa shape index (κ1) is 30.5. The smallest absolute Gasteiger partial charge is 0.431 e. The van der Waals surface area contributed by atoms with Crippen LogP contribution in [-0.4, -0.2) is 88.4 Å². The minimum absolute atomic E-state index is 0.00967. The van der Waals surface area contributed by atoms with Crippen molar-refractivity contribution in [3.05, 3.63) is 22.8 Å². The van der Waals surface area contributed by atoms with Gasteiger partial charge in [0.25, 0.3) is 12.1 Å². The van der Waals surface area contributed by atoms with E-state index < -0.39 is 65.7 Å². The molecule has 3 rings (SSSR count). The summed E-state index contributed by atoms with van der Waals surface area (Å²) >= 11 is 2.19. The van der Waals surface area contributed by atoms with Gasteiger partial charge in [0.2, 0.25) is 17.9 Å². The van der Waals surface area contributed by atoms with Crippen LogP contribution in [-0.2, 0) is 33.3 Å². The molecule has 1 aromatic heterocycles. The number of rotatable bonds is 9. The molecule has 218 valence electrons. The van der Waals surface area contributed by atoms with Crippen molar-refractivity contribution in [2.24, 2.45) is 16.8 Å². The second-order valence-electron chi connectivity index (χ2n) is 8.87. The van der Waals surface area contributed by atoms with Crippen molar-refractivity contribution in [3.63, 3.8) is 0 Å². The number of esters is 1. The molecule has 0 saturated carbocycles. The minimum atomic E-state index is -1.42. The molecule has 0 aromatic carbocycles. The molecule has 4 atom stereocenters. The number of hydrogen-bond donors (Lipinski definition) is 3. The molecule has 3 amide bonds. The summed E-state index contributed by atoms with van der Waals surface area (Å²) in [5.74, 6) is -3.48. The zero-order chi connectivity index (χ0) is 29.9. The number of hydrogen-bond acceptors (Lipinski definition) is 14. The second-order valence-corrected chi connectivity index (χ2v) is 10.9. The van der Waals surface area contributed by atoms with Gasteiger partial charge in [-0.05, 0) is 19.9 Å². The molecule has 2 aliphatic rings. The van der Waals surface area contributed by atoms with Crippen molar-refractivity contribution in [1.29, 1.82) is 0 Å². The van der Waals surface area contributed by atoms with Crippen LogP contribution in [0.15, 0.2) is 22.3 Å². The number of nitrogen functional groups attached to an aromatic ring is 1. The molecule has 40 heavy (non-hydrogen) atoms. The van der Waals surface area contributed by atoms with Crippen LogP contribution in [0.3, 0.4) is 0 Å². The van der Waals surface area contributed by atoms with Crippen molar-refractivity contribution < 1.29 is 52.7 Å². The Bertz CT molecular complexity index is 1260. The summed E-state index contributed by atoms with van der Waals surface area (Å²) in [6.45, 7) is 4.55. The number of carbonyl (C=O) groups excluding carboxylic acids is 5. The number of ether oxygens (including phenoxy) is 4. The Morgan fingerprint density at radius 2 is 1.85 bits per heavy atom. The first-order valence-electron chi connectivity index (χ1n) is 11.7. The maximum atomic E-state index is 13.5. The third-order valence-electron chi connectivity index (χ3n) is 5.48. The first-order chi connectivity index (χ1) is 18.8. The summed E-state index contributed by atoms with van der Waals surface area (Å²) in [5.41, 5.74) is 10.7. The zero-order valence-electron chi connectivity index (χ0n) is 22.1. The number of fused-ring (bicyclic) bond motifs is 1. The predicted octanol–water partition coefficient (Wildman–Crippen LogP) is 0.344. The number of amides is 3. The van der Waals surface area contributed by atoms with Gasteiger partial charge in [0, 0.05) is 32.2 Å². The van der Waals surface area contributed by atoms with Gasteiger partial charge < -0.3 is 34.8 Å². The molecule has 3 unspecified atom stereocenters. The van der Waals surface area contributed by atoms with E-state index in [0.29, 0.717) is 0 Å². The Morgan fingerprint density at radius 1 is 1.18 bits per heavy atom. The van der Waals surface area contributed by atoms with Crippen LogP contribution in [0.25, 0.3) is 0 Å². The van der Waals surface area contributed by atoms with E-state index in [2.05, 4.69) is 5.16 Å². The molecule has 3 heterocycles. The number of oxime groups is 1. The number of primary amides is 1. The molecule has 0 aliphatic carbocycles. The fraction of sp³-hybridized carbons (Fsp3) is 0.500. The highest BCUT2D eigenvalue weighted by atomic mass is 32.2. The third-order valence-corrected chi connectivity index (χ3v) is 7.46. The molecule has 0 bridgehead atoms. The fourth-order valence-electron chi connectivity index (χ4n) is 3.78. The van der Waals surface area contributed by atoms with E-state index in [1.54, 1.807) is 13.8 Å². The lowest BCUT2D eigenvalue weighted by Gasteiger charge is -2.49. The Kier molecular flexibility index (Phi) is 9.46. The molecule has 1 saturated heterocycles. The van der Waals surface area contributed by atoms with Gasteiger partial charge >= 0.3 is 23.3 Å². The highest BCUT2D eigenvalue weighted by Gasteiger charge is 2.60. The van der Waals surface area contributed by atoms with Crippen LogP contribution >= 0.6 is 23.1 Å². The molecule has 2 aliphatic heterocycles. The average molecular weight is 602 g/mol. The topological polar surface area (TPSA) is 217 Å². The lowest BCUT2D eigenvalue weighted by atomic mass is 9.94. The van der Waals surface area contributed by atoms with Gasteiger partial charge in [-0.3, -0.25) is 20.2 Å². The van der Waals surface area contributed by atoms with Crippen molar-refractivity contribution in [2.45, 2.75) is 44.8 Å². The van der Waals surface area contributed by atoms with Crippen LogP contribution < -0.4 is 16.0 Å². The SMILES string of the molecule is CC(C)OC(=O)OC(C)OC(=O)C1=CCS[C@H]2C(C(OC(=O)N(C)C)[n+]3c(/C(=N/O)C(N)=O)csc3N)C(=O)N12. The maximum absolute atomic E-state index is 13.5. The van der Waals surface area contributed by atoms with Crippen LogP contribution in [0.2, 0.25) is 0 Å². The lowest BCUT2D eigenvalue weighted by Crippen LogP contribution is -2.68. The lowest BCUT2D eigenvalue weighted by molar-refractivity contribution is -0.748. The van der Waals surface area contributed by atoms with Gasteiger partial charge in [-0.15, -0.1) is 11.8 Å². The van der Waals surface area contributed by atoms with E-state index in [0.717, 1.165) is 21.1 Å². The average Bonchev–Trinajstić information content (AvgIpc) is 3.22. The van der Waals surface area contributed by atoms with Crippen LogP contribution in [0, 0.1) is 5.92 Å². The summed E-state index contributed by atoms with van der Waals surface area (Å²) in [4.78, 5) is 64.9. The summed E-state index contributed by atoms with van der Waals surface area (Å²) in [6, 6.07) is 0. The van der Waals surface area contributed by atoms with E-state index in [1.165, 1.54) is 48.8 Å². The third kappa shape index (κ3) is 6.22. The Morgan fingerprint density at radius 3 is 2.42 bits per heavy atom. The molecule has 5 N–H and O–H groups in total. The molecule has 16 nitrogen and oxygen atoms in total. The molecule has 18 heteroatoms. The summed E-state index contributed by atoms with van der Waals surface area (Å²) < 4.78 is 21.7. The molecule has 0 spiro atoms. The monoisotopic (exact) mass is 601 g/mol. The number of anilines is 1. The number of carbonyl (C=O) groups is 5. The Labute approximate surface area is 236 Å². The van der Waals surface area contributed by atoms with E-state index in [-0.39, 0.29) is 22.3 Å². The predicted molar refractivity (Wildman–Crippen MR) is 139 cm³/mol. The molecule has 0 radical (unpaired) electrons. The number of nitrogens with two attached hydrogens (primary N) is 2. The molecule has 1 aromatic rings. The fourth-order valence-corrected chi connectivity index (χ4v) is 5.83. The van der Waals surface area contributed by atoms with E-state index in [4.69, 9.17) is 30.4 Å². The van der Waals surface area contributed by atoms with Gasteiger partial charge in [0.15, 0.2) is 5.69 Å². The molecule has 1 fully saturated rings. The van der Waals surface area contributed by atoms with Crippen LogP contribution in [0.4, 0.5) is 14.7 Å². The number of β-lactam (4-membered cyclic amide) rings is 1. The van der Waals surface area contributed by atoms with Crippen molar-refractivity contribution >= 4 is 64.0 Å². The van der Waals surface area contributed by atoms with Crippen molar-refractivity contribution in [1.82, 2.24) is 9.80 Å². The van der Waals surface area contributed by atoms with E-state index in [1.807, 2.05) is 0 Å². The first-order valence-corrected chi connectivity index (χ1v) is 13.6. The van der Waals surface area contributed by atoms with Crippen LogP contribution in [0.5, 0.6) is 0 Å². The van der Waals surface area contributed by atoms with E-state index >= 15 is 0 Å². The Balaban J connectivity index is 1.89.